The van der Waals surface area contributed by atoms with Gasteiger partial charge in [-0.1, -0.05) is 18.2 Å². The monoisotopic (exact) mass is 374 g/mol. The second-order valence-corrected chi connectivity index (χ2v) is 8.16. The maximum Gasteiger partial charge on any atom is 0.261 e. The van der Waals surface area contributed by atoms with Gasteiger partial charge in [-0.25, -0.2) is 0 Å². The van der Waals surface area contributed by atoms with E-state index in [1.165, 1.54) is 11.3 Å². The van der Waals surface area contributed by atoms with Gasteiger partial charge in [0.2, 0.25) is 5.91 Å². The van der Waals surface area contributed by atoms with Crippen molar-refractivity contribution in [1.29, 1.82) is 0 Å². The molecule has 0 radical (unpaired) electrons. The molecule has 2 aromatic rings. The zero-order chi connectivity index (χ0) is 18.7. The normalized spacial score (nSPS) is 19.8. The van der Waals surface area contributed by atoms with Gasteiger partial charge in [-0.3, -0.25) is 9.59 Å². The number of rotatable bonds is 6. The van der Waals surface area contributed by atoms with Crippen LogP contribution in [0.15, 0.2) is 30.3 Å². The Labute approximate surface area is 158 Å². The number of benzene rings is 1. The maximum atomic E-state index is 12.5. The minimum atomic E-state index is -0.227. The molecule has 1 aromatic heterocycles. The van der Waals surface area contributed by atoms with E-state index in [4.69, 9.17) is 0 Å². The summed E-state index contributed by atoms with van der Waals surface area (Å²) in [5.41, 5.74) is 0. The van der Waals surface area contributed by atoms with Crippen LogP contribution in [-0.4, -0.2) is 74.5 Å². The third kappa shape index (κ3) is 4.41. The number of nitrogens with zero attached hydrogens (tertiary/aromatic N) is 2. The van der Waals surface area contributed by atoms with Crippen LogP contribution in [0.5, 0.6) is 0 Å². The molecule has 1 fully saturated rings. The van der Waals surface area contributed by atoms with Crippen LogP contribution in [0, 0.1) is 0 Å². The molecule has 26 heavy (non-hydrogen) atoms. The largest absolute Gasteiger partial charge is 0.347 e. The quantitative estimate of drug-likeness (QED) is 0.802. The van der Waals surface area contributed by atoms with Crippen molar-refractivity contribution in [2.75, 3.05) is 40.8 Å². The Hall–Kier alpha value is -1.96. The summed E-state index contributed by atoms with van der Waals surface area (Å²) in [6, 6.07) is 9.66. The molecule has 2 heterocycles. The van der Waals surface area contributed by atoms with Crippen molar-refractivity contribution < 1.29 is 9.59 Å². The van der Waals surface area contributed by atoms with E-state index in [0.29, 0.717) is 24.4 Å². The van der Waals surface area contributed by atoms with Gasteiger partial charge in [0.15, 0.2) is 0 Å². The van der Waals surface area contributed by atoms with E-state index in [0.717, 1.165) is 16.6 Å². The van der Waals surface area contributed by atoms with Crippen molar-refractivity contribution in [3.05, 3.63) is 35.2 Å². The summed E-state index contributed by atoms with van der Waals surface area (Å²) in [7, 11) is 5.81. The lowest BCUT2D eigenvalue weighted by Crippen LogP contribution is -2.43. The minimum Gasteiger partial charge on any atom is -0.347 e. The van der Waals surface area contributed by atoms with E-state index in [1.54, 1.807) is 4.90 Å². The van der Waals surface area contributed by atoms with Gasteiger partial charge in [0.1, 0.15) is 0 Å². The molecule has 6 nitrogen and oxygen atoms in total. The lowest BCUT2D eigenvalue weighted by molar-refractivity contribution is -0.131. The number of carbonyl (C=O) groups excluding carboxylic acids is 2. The number of fused-ring (bicyclic) bond motifs is 1. The molecule has 2 amide bonds. The summed E-state index contributed by atoms with van der Waals surface area (Å²) in [6.45, 7) is 2.15. The number of amides is 2. The first kappa shape index (κ1) is 18.8. The summed E-state index contributed by atoms with van der Waals surface area (Å²) in [5, 5.41) is 7.39. The van der Waals surface area contributed by atoms with Crippen molar-refractivity contribution >= 4 is 33.2 Å². The lowest BCUT2D eigenvalue weighted by atomic mass is 10.1. The zero-order valence-corrected chi connectivity index (χ0v) is 16.3. The fourth-order valence-electron chi connectivity index (χ4n) is 3.11. The molecular formula is C19H26N4O2S. The van der Waals surface area contributed by atoms with E-state index in [2.05, 4.69) is 15.5 Å². The van der Waals surface area contributed by atoms with Gasteiger partial charge in [0, 0.05) is 37.4 Å². The predicted molar refractivity (Wildman–Crippen MR) is 106 cm³/mol. The van der Waals surface area contributed by atoms with Crippen LogP contribution in [0.25, 0.3) is 10.1 Å². The molecule has 1 aliphatic rings. The third-order valence-corrected chi connectivity index (χ3v) is 5.79. The van der Waals surface area contributed by atoms with Crippen molar-refractivity contribution in [3.63, 3.8) is 0 Å². The van der Waals surface area contributed by atoms with Crippen LogP contribution < -0.4 is 10.6 Å². The van der Waals surface area contributed by atoms with Gasteiger partial charge >= 0.3 is 0 Å². The summed E-state index contributed by atoms with van der Waals surface area (Å²) in [5.74, 6) is 0.0255. The first-order valence-corrected chi connectivity index (χ1v) is 9.68. The van der Waals surface area contributed by atoms with Gasteiger partial charge in [0.25, 0.3) is 5.91 Å². The first-order valence-electron chi connectivity index (χ1n) is 8.86. The lowest BCUT2D eigenvalue weighted by Gasteiger charge is -2.22. The Morgan fingerprint density at radius 3 is 2.73 bits per heavy atom. The molecular weight excluding hydrogens is 348 g/mol. The zero-order valence-electron chi connectivity index (χ0n) is 15.5. The molecule has 2 N–H and O–H groups in total. The highest BCUT2D eigenvalue weighted by Gasteiger charge is 2.32. The van der Waals surface area contributed by atoms with E-state index in [1.807, 2.05) is 51.5 Å². The maximum absolute atomic E-state index is 12.5. The predicted octanol–water partition coefficient (Wildman–Crippen LogP) is 1.38. The Morgan fingerprint density at radius 1 is 1.23 bits per heavy atom. The van der Waals surface area contributed by atoms with E-state index in [-0.39, 0.29) is 23.9 Å². The fourth-order valence-corrected chi connectivity index (χ4v) is 4.08. The second-order valence-electron chi connectivity index (χ2n) is 7.08. The Balaban J connectivity index is 1.53. The number of thiophene rings is 1. The summed E-state index contributed by atoms with van der Waals surface area (Å²) < 4.78 is 1.11. The van der Waals surface area contributed by atoms with Crippen molar-refractivity contribution in [2.24, 2.45) is 0 Å². The van der Waals surface area contributed by atoms with Crippen LogP contribution >= 0.6 is 11.3 Å². The second kappa shape index (κ2) is 8.16. The Bertz CT molecular complexity index is 756. The number of carbonyl (C=O) groups is 2. The van der Waals surface area contributed by atoms with E-state index in [9.17, 15) is 9.59 Å². The number of likely N-dealkylation sites (N-methyl/N-ethyl adjacent to an activating group) is 2. The van der Waals surface area contributed by atoms with E-state index < -0.39 is 0 Å². The highest BCUT2D eigenvalue weighted by atomic mass is 32.1. The van der Waals surface area contributed by atoms with Gasteiger partial charge in [-0.15, -0.1) is 11.3 Å². The Kier molecular flexibility index (Phi) is 5.90. The molecule has 0 aliphatic carbocycles. The van der Waals surface area contributed by atoms with Gasteiger partial charge in [-0.2, -0.15) is 0 Å². The van der Waals surface area contributed by atoms with Crippen LogP contribution in [-0.2, 0) is 4.79 Å². The average Bonchev–Trinajstić information content (AvgIpc) is 3.25. The highest BCUT2D eigenvalue weighted by Crippen LogP contribution is 2.25. The summed E-state index contributed by atoms with van der Waals surface area (Å²) in [6.07, 6.45) is 0.627. The molecule has 3 rings (SSSR count). The highest BCUT2D eigenvalue weighted by molar-refractivity contribution is 7.20. The molecule has 0 saturated carbocycles. The van der Waals surface area contributed by atoms with Crippen LogP contribution in [0.3, 0.4) is 0 Å². The molecule has 140 valence electrons. The smallest absolute Gasteiger partial charge is 0.261 e. The van der Waals surface area contributed by atoms with Crippen molar-refractivity contribution in [3.8, 4) is 0 Å². The number of hydrogen-bond acceptors (Lipinski definition) is 5. The van der Waals surface area contributed by atoms with Crippen LogP contribution in [0.1, 0.15) is 16.1 Å². The fraction of sp³-hybridized carbons (Fsp3) is 0.474. The Morgan fingerprint density at radius 2 is 2.00 bits per heavy atom. The average molecular weight is 375 g/mol. The van der Waals surface area contributed by atoms with Crippen molar-refractivity contribution in [2.45, 2.75) is 18.5 Å². The third-order valence-electron chi connectivity index (χ3n) is 4.67. The van der Waals surface area contributed by atoms with Crippen LogP contribution in [0.2, 0.25) is 0 Å². The SMILES string of the molecule is CN(C)CCN(C)C(=O)[C@@H]1C[C@@H](NC(=O)c2cc3ccccc3s2)CN1. The first-order chi connectivity index (χ1) is 12.4. The van der Waals surface area contributed by atoms with Gasteiger partial charge in [-0.05, 0) is 38.0 Å². The molecule has 1 saturated heterocycles. The summed E-state index contributed by atoms with van der Waals surface area (Å²) in [4.78, 5) is 29.6. The molecule has 0 spiro atoms. The van der Waals surface area contributed by atoms with Crippen molar-refractivity contribution in [1.82, 2.24) is 20.4 Å². The number of hydrogen-bond donors (Lipinski definition) is 2. The molecule has 2 atom stereocenters. The molecule has 7 heteroatoms. The molecule has 0 unspecified atom stereocenters. The molecule has 0 bridgehead atoms. The topological polar surface area (TPSA) is 64.7 Å². The van der Waals surface area contributed by atoms with Crippen LogP contribution in [0.4, 0.5) is 0 Å². The number of nitrogens with one attached hydrogen (secondary N) is 2. The minimum absolute atomic E-state index is 0.0242. The summed E-state index contributed by atoms with van der Waals surface area (Å²) >= 11 is 1.50. The van der Waals surface area contributed by atoms with Gasteiger partial charge in [0.05, 0.1) is 10.9 Å². The van der Waals surface area contributed by atoms with E-state index >= 15 is 0 Å². The standard InChI is InChI=1S/C19H26N4O2S/c1-22(2)8-9-23(3)19(25)15-11-14(12-20-15)21-18(24)17-10-13-6-4-5-7-16(13)26-17/h4-7,10,14-15,20H,8-9,11-12H2,1-3H3,(H,21,24)/t14-,15+/m1/s1. The van der Waals surface area contributed by atoms with Gasteiger partial charge < -0.3 is 20.4 Å². The molecule has 1 aromatic carbocycles. The molecule has 1 aliphatic heterocycles.